The van der Waals surface area contributed by atoms with Gasteiger partial charge in [-0.05, 0) is 23.7 Å². The quantitative estimate of drug-likeness (QED) is 0.415. The highest BCUT2D eigenvalue weighted by molar-refractivity contribution is 6.28. The monoisotopic (exact) mass is 301 g/mol. The summed E-state index contributed by atoms with van der Waals surface area (Å²) in [5, 5.41) is 12.3. The van der Waals surface area contributed by atoms with E-state index in [-0.39, 0.29) is 16.9 Å². The lowest BCUT2D eigenvalue weighted by Gasteiger charge is -2.08. The van der Waals surface area contributed by atoms with Crippen molar-refractivity contribution in [1.82, 2.24) is 9.97 Å². The molecule has 2 aromatic carbocycles. The standard InChI is InChI=1S/C14H8ClN3O3/c15-14-16-8-7-13(17-14)21-12-6-5-11(18(19)20)9-3-1-2-4-10(9)12/h1-8H. The average molecular weight is 302 g/mol. The number of rotatable bonds is 3. The largest absolute Gasteiger partial charge is 0.438 e. The molecule has 6 nitrogen and oxygen atoms in total. The molecule has 0 amide bonds. The second kappa shape index (κ2) is 5.34. The maximum atomic E-state index is 11.1. The van der Waals surface area contributed by atoms with Crippen molar-refractivity contribution in [2.24, 2.45) is 0 Å². The van der Waals surface area contributed by atoms with Crippen LogP contribution in [0.15, 0.2) is 48.7 Å². The van der Waals surface area contributed by atoms with Gasteiger partial charge in [-0.15, -0.1) is 0 Å². The molecule has 0 N–H and O–H groups in total. The molecular formula is C14H8ClN3O3. The minimum absolute atomic E-state index is 0.0265. The number of ether oxygens (including phenoxy) is 1. The smallest absolute Gasteiger partial charge is 0.277 e. The lowest BCUT2D eigenvalue weighted by Crippen LogP contribution is -1.93. The molecular weight excluding hydrogens is 294 g/mol. The maximum absolute atomic E-state index is 11.1. The van der Waals surface area contributed by atoms with Crippen LogP contribution in [0.25, 0.3) is 10.8 Å². The Morgan fingerprint density at radius 1 is 1.10 bits per heavy atom. The molecule has 0 unspecified atom stereocenters. The lowest BCUT2D eigenvalue weighted by molar-refractivity contribution is -0.383. The molecule has 0 atom stereocenters. The van der Waals surface area contributed by atoms with E-state index in [0.29, 0.717) is 16.5 Å². The van der Waals surface area contributed by atoms with Gasteiger partial charge >= 0.3 is 0 Å². The first-order chi connectivity index (χ1) is 10.1. The molecule has 0 bridgehead atoms. The maximum Gasteiger partial charge on any atom is 0.277 e. The van der Waals surface area contributed by atoms with Gasteiger partial charge in [-0.2, -0.15) is 4.98 Å². The van der Waals surface area contributed by atoms with Crippen LogP contribution in [0.4, 0.5) is 5.69 Å². The van der Waals surface area contributed by atoms with Gasteiger partial charge in [0.1, 0.15) is 5.75 Å². The summed E-state index contributed by atoms with van der Waals surface area (Å²) in [7, 11) is 0. The Morgan fingerprint density at radius 3 is 2.57 bits per heavy atom. The zero-order valence-corrected chi connectivity index (χ0v) is 11.3. The van der Waals surface area contributed by atoms with Crippen molar-refractivity contribution in [3.8, 4) is 11.6 Å². The topological polar surface area (TPSA) is 78.2 Å². The van der Waals surface area contributed by atoms with Crippen LogP contribution in [0.3, 0.4) is 0 Å². The third-order valence-corrected chi connectivity index (χ3v) is 3.06. The molecule has 0 saturated heterocycles. The summed E-state index contributed by atoms with van der Waals surface area (Å²) in [6, 6.07) is 11.4. The molecule has 0 spiro atoms. The molecule has 3 aromatic rings. The fraction of sp³-hybridized carbons (Fsp3) is 0. The third-order valence-electron chi connectivity index (χ3n) is 2.87. The molecule has 0 saturated carbocycles. The number of hydrogen-bond acceptors (Lipinski definition) is 5. The predicted molar refractivity (Wildman–Crippen MR) is 77.7 cm³/mol. The minimum atomic E-state index is -0.423. The van der Waals surface area contributed by atoms with Gasteiger partial charge in [-0.25, -0.2) is 4.98 Å². The van der Waals surface area contributed by atoms with Crippen molar-refractivity contribution < 1.29 is 9.66 Å². The van der Waals surface area contributed by atoms with E-state index in [2.05, 4.69) is 9.97 Å². The first-order valence-corrected chi connectivity index (χ1v) is 6.35. The van der Waals surface area contributed by atoms with Crippen LogP contribution in [0, 0.1) is 10.1 Å². The van der Waals surface area contributed by atoms with Gasteiger partial charge in [0.25, 0.3) is 5.69 Å². The summed E-state index contributed by atoms with van der Waals surface area (Å²) in [6.07, 6.45) is 1.47. The molecule has 0 aliphatic heterocycles. The zero-order chi connectivity index (χ0) is 14.8. The summed E-state index contributed by atoms with van der Waals surface area (Å²) in [5.41, 5.74) is 0.0265. The van der Waals surface area contributed by atoms with Crippen LogP contribution < -0.4 is 4.74 Å². The van der Waals surface area contributed by atoms with E-state index in [1.165, 1.54) is 18.3 Å². The van der Waals surface area contributed by atoms with Gasteiger partial charge in [0.2, 0.25) is 11.2 Å². The summed E-state index contributed by atoms with van der Waals surface area (Å²) >= 11 is 5.70. The number of non-ortho nitro benzene ring substituents is 1. The number of nitrogens with zero attached hydrogens (tertiary/aromatic N) is 3. The minimum Gasteiger partial charge on any atom is -0.438 e. The Hall–Kier alpha value is -2.73. The van der Waals surface area contributed by atoms with Crippen LogP contribution in [0.1, 0.15) is 0 Å². The van der Waals surface area contributed by atoms with E-state index in [4.69, 9.17) is 16.3 Å². The SMILES string of the molecule is O=[N+]([O-])c1ccc(Oc2ccnc(Cl)n2)c2ccccc12. The molecule has 0 radical (unpaired) electrons. The van der Waals surface area contributed by atoms with Crippen LogP contribution in [0.5, 0.6) is 11.6 Å². The van der Waals surface area contributed by atoms with E-state index >= 15 is 0 Å². The summed E-state index contributed by atoms with van der Waals surface area (Å²) in [4.78, 5) is 18.3. The number of nitro groups is 1. The molecule has 104 valence electrons. The number of fused-ring (bicyclic) bond motifs is 1. The molecule has 0 fully saturated rings. The lowest BCUT2D eigenvalue weighted by atomic mass is 10.1. The van der Waals surface area contributed by atoms with Crippen molar-refractivity contribution in [2.75, 3.05) is 0 Å². The van der Waals surface area contributed by atoms with E-state index in [1.54, 1.807) is 30.3 Å². The Labute approximate surface area is 124 Å². The third kappa shape index (κ3) is 2.61. The zero-order valence-electron chi connectivity index (χ0n) is 10.6. The highest BCUT2D eigenvalue weighted by Crippen LogP contribution is 2.34. The van der Waals surface area contributed by atoms with Crippen LogP contribution >= 0.6 is 11.6 Å². The van der Waals surface area contributed by atoms with Crippen molar-refractivity contribution >= 4 is 28.1 Å². The number of hydrogen-bond donors (Lipinski definition) is 0. The fourth-order valence-electron chi connectivity index (χ4n) is 1.99. The molecule has 3 rings (SSSR count). The van der Waals surface area contributed by atoms with Crippen molar-refractivity contribution in [3.05, 3.63) is 64.1 Å². The van der Waals surface area contributed by atoms with E-state index in [9.17, 15) is 10.1 Å². The van der Waals surface area contributed by atoms with Crippen LogP contribution in [-0.2, 0) is 0 Å². The summed E-state index contributed by atoms with van der Waals surface area (Å²) in [6.45, 7) is 0. The van der Waals surface area contributed by atoms with Crippen LogP contribution in [-0.4, -0.2) is 14.9 Å². The van der Waals surface area contributed by atoms with Crippen molar-refractivity contribution in [2.45, 2.75) is 0 Å². The van der Waals surface area contributed by atoms with Gasteiger partial charge in [0, 0.05) is 23.7 Å². The second-order valence-corrected chi connectivity index (χ2v) is 4.49. The molecule has 0 aliphatic rings. The van der Waals surface area contributed by atoms with E-state index < -0.39 is 4.92 Å². The van der Waals surface area contributed by atoms with Gasteiger partial charge < -0.3 is 4.74 Å². The van der Waals surface area contributed by atoms with Gasteiger partial charge in [0.05, 0.1) is 10.3 Å². The first-order valence-electron chi connectivity index (χ1n) is 5.98. The molecule has 0 aliphatic carbocycles. The number of nitro benzene ring substituents is 1. The van der Waals surface area contributed by atoms with Crippen molar-refractivity contribution in [3.63, 3.8) is 0 Å². The van der Waals surface area contributed by atoms with Crippen LogP contribution in [0.2, 0.25) is 5.28 Å². The molecule has 1 heterocycles. The van der Waals surface area contributed by atoms with Gasteiger partial charge in [-0.1, -0.05) is 18.2 Å². The summed E-state index contributed by atoms with van der Waals surface area (Å²) in [5.74, 6) is 0.736. The molecule has 1 aromatic heterocycles. The van der Waals surface area contributed by atoms with E-state index in [1.807, 2.05) is 0 Å². The van der Waals surface area contributed by atoms with E-state index in [0.717, 1.165) is 0 Å². The average Bonchev–Trinajstić information content (AvgIpc) is 2.47. The highest BCUT2D eigenvalue weighted by atomic mass is 35.5. The van der Waals surface area contributed by atoms with Crippen molar-refractivity contribution in [1.29, 1.82) is 0 Å². The number of benzene rings is 2. The fourth-order valence-corrected chi connectivity index (χ4v) is 2.13. The predicted octanol–water partition coefficient (Wildman–Crippen LogP) is 3.98. The normalized spacial score (nSPS) is 10.5. The Bertz CT molecular complexity index is 839. The van der Waals surface area contributed by atoms with Gasteiger partial charge in [-0.3, -0.25) is 10.1 Å². The number of halogens is 1. The molecule has 21 heavy (non-hydrogen) atoms. The second-order valence-electron chi connectivity index (χ2n) is 4.15. The Balaban J connectivity index is 2.12. The Morgan fingerprint density at radius 2 is 1.86 bits per heavy atom. The summed E-state index contributed by atoms with van der Waals surface area (Å²) < 4.78 is 5.65. The Kier molecular flexibility index (Phi) is 3.37. The molecule has 7 heteroatoms. The highest BCUT2D eigenvalue weighted by Gasteiger charge is 2.15. The first kappa shape index (κ1) is 13.3. The number of aromatic nitrogens is 2. The van der Waals surface area contributed by atoms with Gasteiger partial charge in [0.15, 0.2) is 0 Å².